The van der Waals surface area contributed by atoms with E-state index in [0.717, 1.165) is 6.42 Å². The molecule has 0 unspecified atom stereocenters. The summed E-state index contributed by atoms with van der Waals surface area (Å²) in [5.74, 6) is -1.04. The number of ether oxygens (including phenoxy) is 1. The van der Waals surface area contributed by atoms with E-state index < -0.39 is 11.2 Å². The van der Waals surface area contributed by atoms with Crippen molar-refractivity contribution in [1.29, 1.82) is 0 Å². The van der Waals surface area contributed by atoms with E-state index in [4.69, 9.17) is 4.74 Å². The van der Waals surface area contributed by atoms with Gasteiger partial charge in [0.15, 0.2) is 0 Å². The number of benzene rings is 1. The first-order valence-corrected chi connectivity index (χ1v) is 7.28. The van der Waals surface area contributed by atoms with Crippen LogP contribution in [0.25, 0.3) is 0 Å². The highest BCUT2D eigenvalue weighted by Crippen LogP contribution is 2.32. The van der Waals surface area contributed by atoms with Crippen LogP contribution in [0, 0.1) is 11.2 Å². The van der Waals surface area contributed by atoms with E-state index in [1.807, 2.05) is 6.92 Å². The average Bonchev–Trinajstić information content (AvgIpc) is 2.51. The number of halogens is 1. The minimum absolute atomic E-state index is 0.239. The standard InChI is InChI=1S/C17H20FNO3/c1-3-11-22-12-17(2)9-4-10-19(16(17)21)15(20)13-5-7-14(18)8-6-13/h3,5-8H,1,4,9-12H2,2H3/t17-/m0/s1. The molecule has 4 nitrogen and oxygen atoms in total. The van der Waals surface area contributed by atoms with Crippen LogP contribution >= 0.6 is 0 Å². The topological polar surface area (TPSA) is 46.6 Å². The fourth-order valence-corrected chi connectivity index (χ4v) is 2.61. The Morgan fingerprint density at radius 3 is 2.77 bits per heavy atom. The molecule has 2 amide bonds. The monoisotopic (exact) mass is 305 g/mol. The first kappa shape index (κ1) is 16.4. The molecule has 0 aromatic heterocycles. The van der Waals surface area contributed by atoms with Crippen LogP contribution in [0.5, 0.6) is 0 Å². The SMILES string of the molecule is C=CCOC[C@]1(C)CCCN(C(=O)c2ccc(F)cc2)C1=O. The molecular formula is C17H20FNO3. The Labute approximate surface area is 129 Å². The Morgan fingerprint density at radius 1 is 1.45 bits per heavy atom. The molecule has 0 saturated carbocycles. The number of imide groups is 1. The lowest BCUT2D eigenvalue weighted by Gasteiger charge is -2.38. The molecule has 1 saturated heterocycles. The third-order valence-corrected chi connectivity index (χ3v) is 3.86. The summed E-state index contributed by atoms with van der Waals surface area (Å²) in [5.41, 5.74) is -0.400. The molecule has 0 bridgehead atoms. The molecule has 0 radical (unpaired) electrons. The van der Waals surface area contributed by atoms with Gasteiger partial charge in [-0.1, -0.05) is 6.08 Å². The van der Waals surface area contributed by atoms with Gasteiger partial charge in [-0.25, -0.2) is 4.39 Å². The highest BCUT2D eigenvalue weighted by Gasteiger charge is 2.42. The van der Waals surface area contributed by atoms with Crippen LogP contribution in [-0.4, -0.2) is 36.5 Å². The predicted octanol–water partition coefficient (Wildman–Crippen LogP) is 2.80. The van der Waals surface area contributed by atoms with Crippen LogP contribution in [0.2, 0.25) is 0 Å². The van der Waals surface area contributed by atoms with Crippen molar-refractivity contribution < 1.29 is 18.7 Å². The van der Waals surface area contributed by atoms with Gasteiger partial charge in [0.2, 0.25) is 5.91 Å². The van der Waals surface area contributed by atoms with E-state index in [9.17, 15) is 14.0 Å². The van der Waals surface area contributed by atoms with Gasteiger partial charge in [-0.3, -0.25) is 14.5 Å². The molecule has 0 spiro atoms. The fraction of sp³-hybridized carbons (Fsp3) is 0.412. The van der Waals surface area contributed by atoms with Gasteiger partial charge in [0.25, 0.3) is 5.91 Å². The van der Waals surface area contributed by atoms with Crippen molar-refractivity contribution in [1.82, 2.24) is 4.90 Å². The van der Waals surface area contributed by atoms with Gasteiger partial charge in [-0.05, 0) is 44.0 Å². The summed E-state index contributed by atoms with van der Waals surface area (Å²) in [5, 5.41) is 0. The lowest BCUT2D eigenvalue weighted by Crippen LogP contribution is -2.51. The highest BCUT2D eigenvalue weighted by molar-refractivity contribution is 6.06. The van der Waals surface area contributed by atoms with Gasteiger partial charge < -0.3 is 4.74 Å². The van der Waals surface area contributed by atoms with Crippen molar-refractivity contribution in [3.05, 3.63) is 48.3 Å². The van der Waals surface area contributed by atoms with Crippen LogP contribution < -0.4 is 0 Å². The van der Waals surface area contributed by atoms with Crippen LogP contribution in [0.3, 0.4) is 0 Å². The Morgan fingerprint density at radius 2 is 2.14 bits per heavy atom. The quantitative estimate of drug-likeness (QED) is 0.477. The van der Waals surface area contributed by atoms with Crippen LogP contribution in [0.4, 0.5) is 4.39 Å². The van der Waals surface area contributed by atoms with Gasteiger partial charge in [0, 0.05) is 12.1 Å². The minimum Gasteiger partial charge on any atom is -0.376 e. The summed E-state index contributed by atoms with van der Waals surface area (Å²) >= 11 is 0. The van der Waals surface area contributed by atoms with Crippen molar-refractivity contribution >= 4 is 11.8 Å². The molecule has 0 aliphatic carbocycles. The molecule has 2 rings (SSSR count). The Hall–Kier alpha value is -2.01. The third-order valence-electron chi connectivity index (χ3n) is 3.86. The van der Waals surface area contributed by atoms with Crippen LogP contribution in [0.1, 0.15) is 30.1 Å². The Kier molecular flexibility index (Phi) is 5.08. The second-order valence-corrected chi connectivity index (χ2v) is 5.74. The van der Waals surface area contributed by atoms with Gasteiger partial charge in [0.05, 0.1) is 18.6 Å². The number of likely N-dealkylation sites (tertiary alicyclic amines) is 1. The van der Waals surface area contributed by atoms with Gasteiger partial charge in [-0.2, -0.15) is 0 Å². The summed E-state index contributed by atoms with van der Waals surface area (Å²) in [6, 6.07) is 5.22. The van der Waals surface area contributed by atoms with Crippen molar-refractivity contribution in [2.75, 3.05) is 19.8 Å². The third kappa shape index (κ3) is 3.42. The van der Waals surface area contributed by atoms with E-state index in [1.54, 1.807) is 6.08 Å². The summed E-state index contributed by atoms with van der Waals surface area (Å²) in [6.07, 6.45) is 3.03. The molecule has 5 heteroatoms. The van der Waals surface area contributed by atoms with E-state index >= 15 is 0 Å². The number of hydrogen-bond donors (Lipinski definition) is 0. The molecule has 1 atom stereocenters. The first-order chi connectivity index (χ1) is 10.5. The average molecular weight is 305 g/mol. The van der Waals surface area contributed by atoms with E-state index in [-0.39, 0.29) is 18.4 Å². The van der Waals surface area contributed by atoms with E-state index in [1.165, 1.54) is 29.2 Å². The van der Waals surface area contributed by atoms with E-state index in [0.29, 0.717) is 25.1 Å². The summed E-state index contributed by atoms with van der Waals surface area (Å²) in [4.78, 5) is 26.4. The smallest absolute Gasteiger partial charge is 0.260 e. The normalized spacial score (nSPS) is 21.7. The first-order valence-electron chi connectivity index (χ1n) is 7.28. The lowest BCUT2D eigenvalue weighted by atomic mass is 9.81. The molecule has 1 aromatic rings. The maximum atomic E-state index is 12.9. The van der Waals surface area contributed by atoms with Crippen molar-refractivity contribution in [3.8, 4) is 0 Å². The largest absolute Gasteiger partial charge is 0.376 e. The number of carbonyl (C=O) groups excluding carboxylic acids is 2. The van der Waals surface area contributed by atoms with Crippen LogP contribution in [0.15, 0.2) is 36.9 Å². The zero-order valence-corrected chi connectivity index (χ0v) is 12.7. The second kappa shape index (κ2) is 6.83. The van der Waals surface area contributed by atoms with Crippen LogP contribution in [-0.2, 0) is 9.53 Å². The number of hydrogen-bond acceptors (Lipinski definition) is 3. The van der Waals surface area contributed by atoms with Gasteiger partial charge in [-0.15, -0.1) is 6.58 Å². The molecule has 1 aromatic carbocycles. The summed E-state index contributed by atoms with van der Waals surface area (Å²) in [6.45, 7) is 6.38. The molecule has 22 heavy (non-hydrogen) atoms. The van der Waals surface area contributed by atoms with Crippen molar-refractivity contribution in [2.24, 2.45) is 5.41 Å². The molecule has 0 N–H and O–H groups in total. The molecular weight excluding hydrogens is 285 g/mol. The number of carbonyl (C=O) groups is 2. The summed E-state index contributed by atoms with van der Waals surface area (Å²) in [7, 11) is 0. The Bertz CT molecular complexity index is 570. The second-order valence-electron chi connectivity index (χ2n) is 5.74. The highest BCUT2D eigenvalue weighted by atomic mass is 19.1. The van der Waals surface area contributed by atoms with Gasteiger partial charge >= 0.3 is 0 Å². The molecule has 1 aliphatic heterocycles. The minimum atomic E-state index is -0.711. The summed E-state index contributed by atoms with van der Waals surface area (Å²) < 4.78 is 18.4. The zero-order valence-electron chi connectivity index (χ0n) is 12.7. The zero-order chi connectivity index (χ0) is 16.2. The molecule has 1 aliphatic rings. The maximum Gasteiger partial charge on any atom is 0.260 e. The fourth-order valence-electron chi connectivity index (χ4n) is 2.61. The molecule has 1 fully saturated rings. The number of amides is 2. The van der Waals surface area contributed by atoms with Crippen molar-refractivity contribution in [2.45, 2.75) is 19.8 Å². The maximum absolute atomic E-state index is 12.9. The lowest BCUT2D eigenvalue weighted by molar-refractivity contribution is -0.145. The predicted molar refractivity (Wildman–Crippen MR) is 80.8 cm³/mol. The van der Waals surface area contributed by atoms with E-state index in [2.05, 4.69) is 6.58 Å². The number of rotatable bonds is 5. The molecule has 118 valence electrons. The Balaban J connectivity index is 2.13. The molecule has 1 heterocycles. The number of nitrogens with zero attached hydrogens (tertiary/aromatic N) is 1. The van der Waals surface area contributed by atoms with Gasteiger partial charge in [0.1, 0.15) is 5.82 Å². The van der Waals surface area contributed by atoms with Crippen molar-refractivity contribution in [3.63, 3.8) is 0 Å². The number of piperidine rings is 1.